The molecule has 23 heavy (non-hydrogen) atoms. The number of carbonyl (C=O) groups excluding carboxylic acids is 1. The molecule has 1 N–H and O–H groups in total. The van der Waals surface area contributed by atoms with Crippen molar-refractivity contribution in [3.63, 3.8) is 0 Å². The van der Waals surface area contributed by atoms with Gasteiger partial charge in [0.15, 0.2) is 0 Å². The van der Waals surface area contributed by atoms with Crippen LogP contribution in [0, 0.1) is 0 Å². The molecule has 0 bridgehead atoms. The molecule has 0 saturated heterocycles. The maximum atomic E-state index is 12.2. The molecule has 3 heterocycles. The summed E-state index contributed by atoms with van der Waals surface area (Å²) in [5, 5.41) is 11.5. The van der Waals surface area contributed by atoms with Crippen molar-refractivity contribution >= 4 is 11.7 Å². The molecule has 0 aliphatic rings. The summed E-state index contributed by atoms with van der Waals surface area (Å²) in [5.41, 5.74) is 1.78. The molecule has 0 unspecified atom stereocenters. The zero-order chi connectivity index (χ0) is 16.2. The topological polar surface area (TPSA) is 77.6 Å². The first-order valence-corrected chi connectivity index (χ1v) is 7.40. The maximum Gasteiger partial charge on any atom is 0.247 e. The average Bonchev–Trinajstić information content (AvgIpc) is 3.17. The van der Waals surface area contributed by atoms with E-state index in [0.29, 0.717) is 5.82 Å². The number of nitrogens with zero attached hydrogens (tertiary/aromatic N) is 5. The number of pyridine rings is 1. The Morgan fingerprint density at radius 3 is 2.70 bits per heavy atom. The minimum absolute atomic E-state index is 0.142. The number of nitrogens with one attached hydrogen (secondary N) is 1. The number of aromatic nitrogens is 5. The second-order valence-corrected chi connectivity index (χ2v) is 5.44. The van der Waals surface area contributed by atoms with E-state index in [0.717, 1.165) is 11.3 Å². The summed E-state index contributed by atoms with van der Waals surface area (Å²) >= 11 is 0. The van der Waals surface area contributed by atoms with E-state index in [2.05, 4.69) is 20.5 Å². The molecule has 0 radical (unpaired) electrons. The van der Waals surface area contributed by atoms with E-state index in [1.165, 1.54) is 0 Å². The van der Waals surface area contributed by atoms with Crippen molar-refractivity contribution in [2.45, 2.75) is 26.4 Å². The molecule has 0 saturated carbocycles. The van der Waals surface area contributed by atoms with Gasteiger partial charge in [0.1, 0.15) is 12.4 Å². The largest absolute Gasteiger partial charge is 0.309 e. The predicted octanol–water partition coefficient (Wildman–Crippen LogP) is 2.36. The predicted molar refractivity (Wildman–Crippen MR) is 86.7 cm³/mol. The first-order valence-electron chi connectivity index (χ1n) is 7.40. The van der Waals surface area contributed by atoms with Gasteiger partial charge in [0, 0.05) is 36.3 Å². The van der Waals surface area contributed by atoms with Crippen molar-refractivity contribution in [2.75, 3.05) is 5.32 Å². The zero-order valence-electron chi connectivity index (χ0n) is 13.0. The molecule has 1 amide bonds. The van der Waals surface area contributed by atoms with Gasteiger partial charge in [-0.25, -0.2) is 4.68 Å². The summed E-state index contributed by atoms with van der Waals surface area (Å²) < 4.78 is 3.38. The third kappa shape index (κ3) is 3.45. The fraction of sp³-hybridized carbons (Fsp3) is 0.250. The Morgan fingerprint density at radius 2 is 1.96 bits per heavy atom. The lowest BCUT2D eigenvalue weighted by molar-refractivity contribution is -0.116. The second kappa shape index (κ2) is 6.43. The van der Waals surface area contributed by atoms with Gasteiger partial charge in [-0.3, -0.25) is 14.5 Å². The summed E-state index contributed by atoms with van der Waals surface area (Å²) in [7, 11) is 0. The van der Waals surface area contributed by atoms with Crippen LogP contribution in [0.1, 0.15) is 19.9 Å². The van der Waals surface area contributed by atoms with Crippen LogP contribution in [0.15, 0.2) is 49.1 Å². The molecule has 3 rings (SSSR count). The van der Waals surface area contributed by atoms with Gasteiger partial charge in [-0.1, -0.05) is 0 Å². The lowest BCUT2D eigenvalue weighted by Crippen LogP contribution is -2.21. The minimum atomic E-state index is -0.142. The van der Waals surface area contributed by atoms with E-state index in [-0.39, 0.29) is 18.5 Å². The fourth-order valence-corrected chi connectivity index (χ4v) is 2.28. The van der Waals surface area contributed by atoms with Gasteiger partial charge >= 0.3 is 0 Å². The Kier molecular flexibility index (Phi) is 4.18. The van der Waals surface area contributed by atoms with Gasteiger partial charge < -0.3 is 5.32 Å². The third-order valence-corrected chi connectivity index (χ3v) is 3.35. The molecule has 3 aromatic heterocycles. The lowest BCUT2D eigenvalue weighted by Gasteiger charge is -2.11. The molecule has 3 aromatic rings. The standard InChI is InChI=1S/C16H18N6O/c1-12(2)22-15(5-9-18-22)19-16(23)11-21-10-6-14(20-21)13-3-7-17-8-4-13/h3-10,12H,11H2,1-2H3,(H,19,23). The Morgan fingerprint density at radius 1 is 1.17 bits per heavy atom. The number of amides is 1. The first kappa shape index (κ1) is 15.0. The van der Waals surface area contributed by atoms with E-state index < -0.39 is 0 Å². The van der Waals surface area contributed by atoms with Crippen molar-refractivity contribution in [1.82, 2.24) is 24.5 Å². The van der Waals surface area contributed by atoms with Crippen LogP contribution in [0.2, 0.25) is 0 Å². The summed E-state index contributed by atoms with van der Waals surface area (Å²) in [6, 6.07) is 7.61. The van der Waals surface area contributed by atoms with Crippen molar-refractivity contribution in [3.05, 3.63) is 49.1 Å². The summed E-state index contributed by atoms with van der Waals surface area (Å²) in [5.74, 6) is 0.545. The molecule has 0 spiro atoms. The van der Waals surface area contributed by atoms with Crippen LogP contribution in [-0.2, 0) is 11.3 Å². The van der Waals surface area contributed by atoms with E-state index in [1.54, 1.807) is 40.2 Å². The second-order valence-electron chi connectivity index (χ2n) is 5.44. The number of carbonyl (C=O) groups is 1. The van der Waals surface area contributed by atoms with Crippen molar-refractivity contribution in [3.8, 4) is 11.3 Å². The lowest BCUT2D eigenvalue weighted by atomic mass is 10.2. The fourth-order valence-electron chi connectivity index (χ4n) is 2.28. The van der Waals surface area contributed by atoms with Gasteiger partial charge in [-0.2, -0.15) is 10.2 Å². The summed E-state index contributed by atoms with van der Waals surface area (Å²) in [6.45, 7) is 4.17. The minimum Gasteiger partial charge on any atom is -0.309 e. The Labute approximate surface area is 134 Å². The Bertz CT molecular complexity index is 790. The Hall–Kier alpha value is -2.96. The van der Waals surface area contributed by atoms with Gasteiger partial charge in [0.2, 0.25) is 5.91 Å². The molecule has 7 nitrogen and oxygen atoms in total. The van der Waals surface area contributed by atoms with Crippen LogP contribution in [0.5, 0.6) is 0 Å². The van der Waals surface area contributed by atoms with Gasteiger partial charge in [0.05, 0.1) is 11.9 Å². The maximum absolute atomic E-state index is 12.2. The van der Waals surface area contributed by atoms with Crippen molar-refractivity contribution < 1.29 is 4.79 Å². The smallest absolute Gasteiger partial charge is 0.247 e. The molecular weight excluding hydrogens is 292 g/mol. The van der Waals surface area contributed by atoms with E-state index in [9.17, 15) is 4.79 Å². The summed E-state index contributed by atoms with van der Waals surface area (Å²) in [4.78, 5) is 16.2. The van der Waals surface area contributed by atoms with Gasteiger partial charge in [0.25, 0.3) is 0 Å². The van der Waals surface area contributed by atoms with Crippen LogP contribution < -0.4 is 5.32 Å². The number of hydrogen-bond acceptors (Lipinski definition) is 4. The van der Waals surface area contributed by atoms with Crippen LogP contribution in [0.4, 0.5) is 5.82 Å². The molecule has 0 atom stereocenters. The Balaban J connectivity index is 1.67. The van der Waals surface area contributed by atoms with E-state index in [4.69, 9.17) is 0 Å². The van der Waals surface area contributed by atoms with E-state index in [1.807, 2.05) is 32.0 Å². The molecular formula is C16H18N6O. The van der Waals surface area contributed by atoms with Gasteiger partial charge in [-0.05, 0) is 32.0 Å². The van der Waals surface area contributed by atoms with Crippen LogP contribution in [0.3, 0.4) is 0 Å². The third-order valence-electron chi connectivity index (χ3n) is 3.35. The molecule has 118 valence electrons. The quantitative estimate of drug-likeness (QED) is 0.784. The highest BCUT2D eigenvalue weighted by Crippen LogP contribution is 2.15. The highest BCUT2D eigenvalue weighted by Gasteiger charge is 2.11. The van der Waals surface area contributed by atoms with Gasteiger partial charge in [-0.15, -0.1) is 0 Å². The van der Waals surface area contributed by atoms with E-state index >= 15 is 0 Å². The first-order chi connectivity index (χ1) is 11.1. The average molecular weight is 310 g/mol. The highest BCUT2D eigenvalue weighted by molar-refractivity contribution is 5.89. The monoisotopic (exact) mass is 310 g/mol. The summed E-state index contributed by atoms with van der Waals surface area (Å²) in [6.07, 6.45) is 6.89. The number of rotatable bonds is 5. The number of anilines is 1. The SMILES string of the molecule is CC(C)n1nccc1NC(=O)Cn1ccc(-c2ccncc2)n1. The molecule has 0 aromatic carbocycles. The molecule has 0 aliphatic heterocycles. The normalized spacial score (nSPS) is 10.9. The van der Waals surface area contributed by atoms with Crippen LogP contribution in [-0.4, -0.2) is 30.5 Å². The molecule has 0 aliphatic carbocycles. The zero-order valence-corrected chi connectivity index (χ0v) is 13.0. The van der Waals surface area contributed by atoms with Crippen molar-refractivity contribution in [2.24, 2.45) is 0 Å². The van der Waals surface area contributed by atoms with Crippen LogP contribution >= 0.6 is 0 Å². The number of hydrogen-bond donors (Lipinski definition) is 1. The van der Waals surface area contributed by atoms with Crippen molar-refractivity contribution in [1.29, 1.82) is 0 Å². The highest BCUT2D eigenvalue weighted by atomic mass is 16.2. The molecule has 0 fully saturated rings. The molecule has 7 heteroatoms. The van der Waals surface area contributed by atoms with Crippen LogP contribution in [0.25, 0.3) is 11.3 Å².